The second-order valence-electron chi connectivity index (χ2n) is 10.0. The molecule has 10 nitrogen and oxygen atoms in total. The van der Waals surface area contributed by atoms with Crippen LogP contribution in [-0.2, 0) is 26.1 Å². The maximum absolute atomic E-state index is 12.5. The number of nitrogens with zero attached hydrogens (tertiary/aromatic N) is 1. The fraction of sp³-hybridized carbons (Fsp3) is 0.640. The van der Waals surface area contributed by atoms with Crippen molar-refractivity contribution in [1.29, 1.82) is 0 Å². The maximum atomic E-state index is 12.5. The SMILES string of the molecule is CN1CC[C@]23c4c5ccc(O)c4O[C@H]2[C@@H](OCOC(C(=O)NCCS)[C@@H](O)[C@@H](O)CO)C=CC3[C@H]1C5. The van der Waals surface area contributed by atoms with Crippen LogP contribution in [0.15, 0.2) is 24.3 Å². The minimum Gasteiger partial charge on any atom is -0.504 e. The van der Waals surface area contributed by atoms with Crippen molar-refractivity contribution in [1.82, 2.24) is 10.2 Å². The van der Waals surface area contributed by atoms with Crippen molar-refractivity contribution < 1.29 is 39.4 Å². The number of rotatable bonds is 10. The van der Waals surface area contributed by atoms with Gasteiger partial charge < -0.3 is 44.9 Å². The minimum absolute atomic E-state index is 0.116. The summed E-state index contributed by atoms with van der Waals surface area (Å²) in [5.41, 5.74) is 1.92. The number of aliphatic hydroxyl groups excluding tert-OH is 3. The highest BCUT2D eigenvalue weighted by Gasteiger charge is 2.64. The van der Waals surface area contributed by atoms with E-state index in [9.17, 15) is 25.2 Å². The lowest BCUT2D eigenvalue weighted by Gasteiger charge is -2.56. The summed E-state index contributed by atoms with van der Waals surface area (Å²) in [5, 5.41) is 42.6. The highest BCUT2D eigenvalue weighted by atomic mass is 32.1. The average molecular weight is 523 g/mol. The molecule has 1 saturated heterocycles. The highest BCUT2D eigenvalue weighted by molar-refractivity contribution is 7.80. The van der Waals surface area contributed by atoms with E-state index in [0.29, 0.717) is 17.5 Å². The Kier molecular flexibility index (Phi) is 7.25. The van der Waals surface area contributed by atoms with E-state index in [-0.39, 0.29) is 36.5 Å². The first kappa shape index (κ1) is 25.8. The molecule has 0 saturated carbocycles. The summed E-state index contributed by atoms with van der Waals surface area (Å²) in [6, 6.07) is 3.99. The molecule has 11 heteroatoms. The Morgan fingerprint density at radius 1 is 1.36 bits per heavy atom. The average Bonchev–Trinajstić information content (AvgIpc) is 3.24. The molecule has 1 amide bonds. The molecule has 0 aromatic heterocycles. The zero-order chi connectivity index (χ0) is 25.6. The lowest BCUT2D eigenvalue weighted by atomic mass is 9.53. The Morgan fingerprint density at radius 3 is 2.92 bits per heavy atom. The number of phenols is 1. The van der Waals surface area contributed by atoms with Crippen molar-refractivity contribution in [2.75, 3.05) is 39.3 Å². The quantitative estimate of drug-likeness (QED) is 0.134. The number of nitrogens with one attached hydrogen (secondary N) is 1. The number of piperidine rings is 1. The van der Waals surface area contributed by atoms with E-state index >= 15 is 0 Å². The predicted octanol–water partition coefficient (Wildman–Crippen LogP) is -0.675. The van der Waals surface area contributed by atoms with Crippen molar-refractivity contribution in [3.8, 4) is 11.5 Å². The van der Waals surface area contributed by atoms with Gasteiger partial charge in [-0.15, -0.1) is 0 Å². The molecular weight excluding hydrogens is 488 g/mol. The maximum Gasteiger partial charge on any atom is 0.252 e. The number of likely N-dealkylation sites (tertiary alicyclic amines) is 1. The molecule has 1 spiro atoms. The molecule has 2 heterocycles. The predicted molar refractivity (Wildman–Crippen MR) is 132 cm³/mol. The number of ether oxygens (including phenoxy) is 3. The molecule has 36 heavy (non-hydrogen) atoms. The van der Waals surface area contributed by atoms with Gasteiger partial charge in [0.25, 0.3) is 5.91 Å². The fourth-order valence-corrected chi connectivity index (χ4v) is 6.58. The summed E-state index contributed by atoms with van der Waals surface area (Å²) in [6.07, 6.45) is 0.282. The van der Waals surface area contributed by atoms with Crippen LogP contribution in [0, 0.1) is 5.92 Å². The van der Waals surface area contributed by atoms with E-state index in [4.69, 9.17) is 14.2 Å². The number of carbonyl (C=O) groups is 1. The summed E-state index contributed by atoms with van der Waals surface area (Å²) in [4.78, 5) is 14.9. The van der Waals surface area contributed by atoms with Crippen LogP contribution in [0.4, 0.5) is 0 Å². The summed E-state index contributed by atoms with van der Waals surface area (Å²) in [6.45, 7) is 0.0512. The lowest BCUT2D eigenvalue weighted by molar-refractivity contribution is -0.184. The first-order valence-corrected chi connectivity index (χ1v) is 13.0. The Morgan fingerprint density at radius 2 is 2.17 bits per heavy atom. The zero-order valence-corrected chi connectivity index (χ0v) is 21.0. The minimum atomic E-state index is -1.65. The molecule has 1 fully saturated rings. The Labute approximate surface area is 215 Å². The summed E-state index contributed by atoms with van der Waals surface area (Å²) in [7, 11) is 2.14. The summed E-state index contributed by atoms with van der Waals surface area (Å²) in [5.74, 6) is 0.586. The number of amides is 1. The first-order valence-electron chi connectivity index (χ1n) is 12.3. The van der Waals surface area contributed by atoms with Gasteiger partial charge in [-0.3, -0.25) is 4.79 Å². The van der Waals surface area contributed by atoms with Crippen LogP contribution in [0.3, 0.4) is 0 Å². The van der Waals surface area contributed by atoms with E-state index < -0.39 is 36.9 Å². The Balaban J connectivity index is 1.36. The molecule has 0 radical (unpaired) electrons. The second-order valence-corrected chi connectivity index (χ2v) is 10.5. The highest BCUT2D eigenvalue weighted by Crippen LogP contribution is 2.62. The molecule has 4 aliphatic rings. The van der Waals surface area contributed by atoms with Crippen LogP contribution in [0.5, 0.6) is 11.5 Å². The van der Waals surface area contributed by atoms with Crippen molar-refractivity contribution in [3.05, 3.63) is 35.4 Å². The van der Waals surface area contributed by atoms with Crippen molar-refractivity contribution in [2.45, 2.75) is 54.8 Å². The van der Waals surface area contributed by atoms with Crippen LogP contribution < -0.4 is 10.1 Å². The molecule has 1 aromatic rings. The van der Waals surface area contributed by atoms with Gasteiger partial charge >= 0.3 is 0 Å². The number of benzene rings is 1. The van der Waals surface area contributed by atoms with E-state index in [1.807, 2.05) is 12.1 Å². The first-order chi connectivity index (χ1) is 17.3. The van der Waals surface area contributed by atoms with Gasteiger partial charge in [-0.2, -0.15) is 12.6 Å². The van der Waals surface area contributed by atoms with E-state index in [1.165, 1.54) is 5.56 Å². The number of thiol groups is 1. The molecule has 1 aromatic carbocycles. The molecule has 8 atom stereocenters. The molecule has 2 unspecified atom stereocenters. The number of aromatic hydroxyl groups is 1. The van der Waals surface area contributed by atoms with Crippen LogP contribution in [0.1, 0.15) is 17.5 Å². The van der Waals surface area contributed by atoms with Gasteiger partial charge in [0, 0.05) is 35.2 Å². The van der Waals surface area contributed by atoms with Crippen LogP contribution in [-0.4, -0.2) is 107 Å². The standard InChI is InChI=1S/C25H34N2O8S/c1-27-8-6-25-14-3-5-18(23(25)35-21-16(29)4-2-13(19(21)25)10-15(14)27)33-12-34-22(20(31)17(30)11-28)24(32)26-7-9-36/h2-5,14-15,17-18,20,22-23,28-31,36H,6-12H2,1H3,(H,26,32)/t14?,15-,17+,18+,20+,22?,23+,25+/m1/s1. The normalized spacial score (nSPS) is 32.4. The molecule has 198 valence electrons. The number of hydrogen-bond donors (Lipinski definition) is 6. The summed E-state index contributed by atoms with van der Waals surface area (Å²) < 4.78 is 18.1. The largest absolute Gasteiger partial charge is 0.504 e. The van der Waals surface area contributed by atoms with Crippen molar-refractivity contribution in [3.63, 3.8) is 0 Å². The van der Waals surface area contributed by atoms with Gasteiger partial charge in [-0.1, -0.05) is 18.2 Å². The van der Waals surface area contributed by atoms with Gasteiger partial charge in [0.05, 0.1) is 6.61 Å². The molecule has 5 N–H and O–H groups in total. The summed E-state index contributed by atoms with van der Waals surface area (Å²) >= 11 is 4.06. The molecular formula is C25H34N2O8S. The van der Waals surface area contributed by atoms with Crippen LogP contribution in [0.25, 0.3) is 0 Å². The van der Waals surface area contributed by atoms with E-state index in [2.05, 4.69) is 36.0 Å². The third kappa shape index (κ3) is 4.01. The van der Waals surface area contributed by atoms with Crippen molar-refractivity contribution >= 4 is 18.5 Å². The van der Waals surface area contributed by atoms with Crippen LogP contribution >= 0.6 is 12.6 Å². The number of carbonyl (C=O) groups excluding carboxylic acids is 1. The van der Waals surface area contributed by atoms with Gasteiger partial charge in [0.2, 0.25) is 0 Å². The topological polar surface area (TPSA) is 141 Å². The van der Waals surface area contributed by atoms with Crippen molar-refractivity contribution in [2.24, 2.45) is 5.92 Å². The third-order valence-electron chi connectivity index (χ3n) is 8.20. The number of likely N-dealkylation sites (N-methyl/N-ethyl adjacent to an activating group) is 1. The van der Waals surface area contributed by atoms with Gasteiger partial charge in [0.1, 0.15) is 31.2 Å². The third-order valence-corrected chi connectivity index (χ3v) is 8.42. The zero-order valence-electron chi connectivity index (χ0n) is 20.1. The Hall–Kier alpha value is -1.86. The molecule has 2 aliphatic carbocycles. The van der Waals surface area contributed by atoms with E-state index in [0.717, 1.165) is 24.9 Å². The molecule has 2 aliphatic heterocycles. The number of phenolic OH excluding ortho intramolecular Hbond substituents is 1. The monoisotopic (exact) mass is 522 g/mol. The fourth-order valence-electron chi connectivity index (χ4n) is 6.47. The Bertz CT molecular complexity index is 1020. The number of hydrogen-bond acceptors (Lipinski definition) is 10. The smallest absolute Gasteiger partial charge is 0.252 e. The molecule has 2 bridgehead atoms. The van der Waals surface area contributed by atoms with Gasteiger partial charge in [-0.05, 0) is 38.1 Å². The van der Waals surface area contributed by atoms with Gasteiger partial charge in [-0.25, -0.2) is 0 Å². The number of aliphatic hydroxyl groups is 3. The van der Waals surface area contributed by atoms with Crippen LogP contribution in [0.2, 0.25) is 0 Å². The van der Waals surface area contributed by atoms with E-state index in [1.54, 1.807) is 6.07 Å². The van der Waals surface area contributed by atoms with Gasteiger partial charge in [0.15, 0.2) is 17.6 Å². The second kappa shape index (κ2) is 10.1. The lowest BCUT2D eigenvalue weighted by Crippen LogP contribution is -2.65. The molecule has 5 rings (SSSR count).